The minimum absolute atomic E-state index is 0.0126. The molecule has 88 valence electrons. The molecule has 0 aliphatic carbocycles. The standard InChI is InChI=1S/C14H15FN2/c15-14-4-2-1-3-13(14)12(10-16)9-11-5-7-17-8-6-11/h1-8,12H,9-10,16H2. The molecule has 0 fully saturated rings. The highest BCUT2D eigenvalue weighted by atomic mass is 19.1. The van der Waals surface area contributed by atoms with Gasteiger partial charge in [-0.3, -0.25) is 4.98 Å². The van der Waals surface area contributed by atoms with Crippen LogP contribution < -0.4 is 5.73 Å². The van der Waals surface area contributed by atoms with E-state index in [9.17, 15) is 4.39 Å². The molecule has 0 aliphatic heterocycles. The number of aromatic nitrogens is 1. The first kappa shape index (κ1) is 11.7. The predicted octanol–water partition coefficient (Wildman–Crippen LogP) is 2.51. The number of nitrogens with two attached hydrogens (primary N) is 1. The molecule has 2 N–H and O–H groups in total. The van der Waals surface area contributed by atoms with Crippen molar-refractivity contribution in [2.24, 2.45) is 5.73 Å². The third kappa shape index (κ3) is 2.88. The van der Waals surface area contributed by atoms with E-state index in [0.717, 1.165) is 12.0 Å². The second-order valence-corrected chi connectivity index (χ2v) is 4.01. The molecule has 1 atom stereocenters. The summed E-state index contributed by atoms with van der Waals surface area (Å²) >= 11 is 0. The van der Waals surface area contributed by atoms with Crippen molar-refractivity contribution >= 4 is 0 Å². The van der Waals surface area contributed by atoms with Gasteiger partial charge in [-0.25, -0.2) is 4.39 Å². The first-order chi connectivity index (χ1) is 8.31. The Kier molecular flexibility index (Phi) is 3.83. The fourth-order valence-electron chi connectivity index (χ4n) is 1.93. The number of nitrogens with zero attached hydrogens (tertiary/aromatic N) is 1. The van der Waals surface area contributed by atoms with E-state index >= 15 is 0 Å². The molecule has 17 heavy (non-hydrogen) atoms. The molecule has 0 amide bonds. The van der Waals surface area contributed by atoms with Gasteiger partial charge in [-0.1, -0.05) is 18.2 Å². The molecular weight excluding hydrogens is 215 g/mol. The quantitative estimate of drug-likeness (QED) is 0.876. The molecule has 0 saturated heterocycles. The van der Waals surface area contributed by atoms with Crippen LogP contribution in [0.25, 0.3) is 0 Å². The number of hydrogen-bond donors (Lipinski definition) is 1. The van der Waals surface area contributed by atoms with E-state index in [2.05, 4.69) is 4.98 Å². The third-order valence-electron chi connectivity index (χ3n) is 2.86. The van der Waals surface area contributed by atoms with Crippen molar-refractivity contribution in [1.82, 2.24) is 4.98 Å². The van der Waals surface area contributed by atoms with Gasteiger partial charge >= 0.3 is 0 Å². The van der Waals surface area contributed by atoms with E-state index in [0.29, 0.717) is 12.1 Å². The lowest BCUT2D eigenvalue weighted by molar-refractivity contribution is 0.575. The van der Waals surface area contributed by atoms with Gasteiger partial charge in [0.1, 0.15) is 5.82 Å². The maximum atomic E-state index is 13.7. The van der Waals surface area contributed by atoms with Crippen LogP contribution in [0.3, 0.4) is 0 Å². The van der Waals surface area contributed by atoms with Crippen molar-refractivity contribution in [2.75, 3.05) is 6.54 Å². The van der Waals surface area contributed by atoms with Crippen LogP contribution in [0.15, 0.2) is 48.8 Å². The molecule has 2 aromatic rings. The molecule has 1 heterocycles. The monoisotopic (exact) mass is 230 g/mol. The van der Waals surface area contributed by atoms with Crippen molar-refractivity contribution in [3.8, 4) is 0 Å². The lowest BCUT2D eigenvalue weighted by Crippen LogP contribution is -2.16. The molecule has 1 aromatic carbocycles. The van der Waals surface area contributed by atoms with Crippen LogP contribution in [-0.4, -0.2) is 11.5 Å². The van der Waals surface area contributed by atoms with Crippen LogP contribution in [0, 0.1) is 5.82 Å². The molecule has 3 heteroatoms. The molecule has 0 spiro atoms. The average molecular weight is 230 g/mol. The zero-order chi connectivity index (χ0) is 12.1. The molecular formula is C14H15FN2. The summed E-state index contributed by atoms with van der Waals surface area (Å²) in [5.41, 5.74) is 7.55. The molecule has 0 bridgehead atoms. The summed E-state index contributed by atoms with van der Waals surface area (Å²) in [6.07, 6.45) is 4.22. The Balaban J connectivity index is 2.21. The zero-order valence-electron chi connectivity index (χ0n) is 9.51. The lowest BCUT2D eigenvalue weighted by Gasteiger charge is -2.15. The van der Waals surface area contributed by atoms with E-state index in [-0.39, 0.29) is 11.7 Å². The van der Waals surface area contributed by atoms with Crippen LogP contribution in [0.1, 0.15) is 17.0 Å². The van der Waals surface area contributed by atoms with E-state index in [4.69, 9.17) is 5.73 Å². The van der Waals surface area contributed by atoms with Crippen molar-refractivity contribution in [3.05, 3.63) is 65.7 Å². The Morgan fingerprint density at radius 3 is 2.47 bits per heavy atom. The SMILES string of the molecule is NCC(Cc1ccncc1)c1ccccc1F. The minimum Gasteiger partial charge on any atom is -0.330 e. The highest BCUT2D eigenvalue weighted by Crippen LogP contribution is 2.22. The Labute approximate surface area is 100 Å². The van der Waals surface area contributed by atoms with E-state index < -0.39 is 0 Å². The van der Waals surface area contributed by atoms with Gasteiger partial charge < -0.3 is 5.73 Å². The van der Waals surface area contributed by atoms with Crippen LogP contribution >= 0.6 is 0 Å². The summed E-state index contributed by atoms with van der Waals surface area (Å²) in [5.74, 6) is -0.171. The second kappa shape index (κ2) is 5.55. The summed E-state index contributed by atoms with van der Waals surface area (Å²) in [5, 5.41) is 0. The zero-order valence-corrected chi connectivity index (χ0v) is 9.51. The topological polar surface area (TPSA) is 38.9 Å². The van der Waals surface area contributed by atoms with Crippen LogP contribution in [0.4, 0.5) is 4.39 Å². The van der Waals surface area contributed by atoms with Crippen molar-refractivity contribution < 1.29 is 4.39 Å². The van der Waals surface area contributed by atoms with Crippen molar-refractivity contribution in [3.63, 3.8) is 0 Å². The van der Waals surface area contributed by atoms with Gasteiger partial charge in [-0.2, -0.15) is 0 Å². The summed E-state index contributed by atoms with van der Waals surface area (Å²) in [4.78, 5) is 3.96. The third-order valence-corrected chi connectivity index (χ3v) is 2.86. The number of halogens is 1. The summed E-state index contributed by atoms with van der Waals surface area (Å²) < 4.78 is 13.7. The number of pyridine rings is 1. The van der Waals surface area contributed by atoms with E-state index in [1.807, 2.05) is 18.2 Å². The van der Waals surface area contributed by atoms with Crippen LogP contribution in [0.2, 0.25) is 0 Å². The lowest BCUT2D eigenvalue weighted by atomic mass is 9.92. The van der Waals surface area contributed by atoms with Gasteiger partial charge in [0.05, 0.1) is 0 Å². The molecule has 1 unspecified atom stereocenters. The Bertz CT molecular complexity index is 471. The van der Waals surface area contributed by atoms with Crippen molar-refractivity contribution in [2.45, 2.75) is 12.3 Å². The molecule has 1 aromatic heterocycles. The number of hydrogen-bond acceptors (Lipinski definition) is 2. The highest BCUT2D eigenvalue weighted by Gasteiger charge is 2.14. The first-order valence-electron chi connectivity index (χ1n) is 5.64. The first-order valence-corrected chi connectivity index (χ1v) is 5.64. The maximum Gasteiger partial charge on any atom is 0.126 e. The van der Waals surface area contributed by atoms with Gasteiger partial charge in [-0.15, -0.1) is 0 Å². The Morgan fingerprint density at radius 2 is 1.82 bits per heavy atom. The fraction of sp³-hybridized carbons (Fsp3) is 0.214. The summed E-state index contributed by atoms with van der Waals surface area (Å²) in [6, 6.07) is 10.7. The minimum atomic E-state index is -0.183. The largest absolute Gasteiger partial charge is 0.330 e. The smallest absolute Gasteiger partial charge is 0.126 e. The van der Waals surface area contributed by atoms with Gasteiger partial charge in [0.25, 0.3) is 0 Å². The molecule has 0 saturated carbocycles. The second-order valence-electron chi connectivity index (χ2n) is 4.01. The Morgan fingerprint density at radius 1 is 1.12 bits per heavy atom. The normalized spacial score (nSPS) is 12.4. The number of rotatable bonds is 4. The molecule has 2 rings (SSSR count). The average Bonchev–Trinajstić information content (AvgIpc) is 2.38. The van der Waals surface area contributed by atoms with Gasteiger partial charge in [-0.05, 0) is 42.3 Å². The van der Waals surface area contributed by atoms with Crippen LogP contribution in [-0.2, 0) is 6.42 Å². The number of benzene rings is 1. The maximum absolute atomic E-state index is 13.7. The van der Waals surface area contributed by atoms with E-state index in [1.165, 1.54) is 6.07 Å². The summed E-state index contributed by atoms with van der Waals surface area (Å²) in [7, 11) is 0. The molecule has 2 nitrogen and oxygen atoms in total. The predicted molar refractivity (Wildman–Crippen MR) is 66.1 cm³/mol. The van der Waals surface area contributed by atoms with Crippen LogP contribution in [0.5, 0.6) is 0 Å². The highest BCUT2D eigenvalue weighted by molar-refractivity contribution is 5.25. The molecule has 0 radical (unpaired) electrons. The fourth-order valence-corrected chi connectivity index (χ4v) is 1.93. The van der Waals surface area contributed by atoms with Gasteiger partial charge in [0, 0.05) is 18.3 Å². The summed E-state index contributed by atoms with van der Waals surface area (Å²) in [6.45, 7) is 0.434. The van der Waals surface area contributed by atoms with Gasteiger partial charge in [0.15, 0.2) is 0 Å². The Hall–Kier alpha value is -1.74. The van der Waals surface area contributed by atoms with E-state index in [1.54, 1.807) is 24.5 Å². The molecule has 0 aliphatic rings. The van der Waals surface area contributed by atoms with Crippen molar-refractivity contribution in [1.29, 1.82) is 0 Å². The van der Waals surface area contributed by atoms with Gasteiger partial charge in [0.2, 0.25) is 0 Å².